The van der Waals surface area contributed by atoms with Crippen molar-refractivity contribution in [3.05, 3.63) is 23.4 Å². The number of fused-ring (bicyclic) bond motifs is 2. The van der Waals surface area contributed by atoms with Crippen molar-refractivity contribution in [1.29, 1.82) is 0 Å². The molecule has 2 N–H and O–H groups in total. The fraction of sp³-hybridized carbons (Fsp3) is 0.500. The summed E-state index contributed by atoms with van der Waals surface area (Å²) in [5, 5.41) is 0. The number of aliphatic imine (C=N–C) groups is 1. The monoisotopic (exact) mass is 175 g/mol. The van der Waals surface area contributed by atoms with Crippen molar-refractivity contribution in [3.8, 4) is 0 Å². The SMILES string of the molecule is C1=NCC2CC3CNNC3=CC2=C1. The first-order valence-electron chi connectivity index (χ1n) is 4.84. The first-order valence-corrected chi connectivity index (χ1v) is 4.84. The summed E-state index contributed by atoms with van der Waals surface area (Å²) in [4.78, 5) is 4.30. The average molecular weight is 175 g/mol. The van der Waals surface area contributed by atoms with E-state index in [9.17, 15) is 0 Å². The highest BCUT2D eigenvalue weighted by Gasteiger charge is 2.30. The van der Waals surface area contributed by atoms with Crippen molar-refractivity contribution < 1.29 is 0 Å². The second-order valence-electron chi connectivity index (χ2n) is 3.92. The third kappa shape index (κ3) is 1.11. The molecule has 0 amide bonds. The maximum atomic E-state index is 4.30. The van der Waals surface area contributed by atoms with Crippen molar-refractivity contribution in [1.82, 2.24) is 10.9 Å². The van der Waals surface area contributed by atoms with Gasteiger partial charge < -0.3 is 5.43 Å². The van der Waals surface area contributed by atoms with Crippen LogP contribution in [0.5, 0.6) is 0 Å². The molecule has 2 heterocycles. The molecule has 1 saturated heterocycles. The second kappa shape index (κ2) is 2.70. The van der Waals surface area contributed by atoms with Gasteiger partial charge in [-0.3, -0.25) is 4.99 Å². The number of hydrazine groups is 1. The molecule has 68 valence electrons. The minimum atomic E-state index is 0.667. The van der Waals surface area contributed by atoms with Crippen LogP contribution in [0, 0.1) is 11.8 Å². The molecule has 3 heteroatoms. The quantitative estimate of drug-likeness (QED) is 0.566. The Morgan fingerprint density at radius 3 is 3.38 bits per heavy atom. The molecule has 0 aromatic carbocycles. The van der Waals surface area contributed by atoms with E-state index in [4.69, 9.17) is 0 Å². The Bertz CT molecular complexity index is 314. The highest BCUT2D eigenvalue weighted by molar-refractivity contribution is 5.74. The Hall–Kier alpha value is -1.09. The molecule has 0 radical (unpaired) electrons. The predicted molar refractivity (Wildman–Crippen MR) is 52.3 cm³/mol. The van der Waals surface area contributed by atoms with E-state index in [2.05, 4.69) is 28.0 Å². The smallest absolute Gasteiger partial charge is 0.0458 e. The summed E-state index contributed by atoms with van der Waals surface area (Å²) < 4.78 is 0. The maximum absolute atomic E-state index is 4.30. The van der Waals surface area contributed by atoms with Gasteiger partial charge in [-0.1, -0.05) is 0 Å². The Labute approximate surface area is 77.6 Å². The third-order valence-electron chi connectivity index (χ3n) is 3.08. The molecule has 3 nitrogen and oxygen atoms in total. The summed E-state index contributed by atoms with van der Waals surface area (Å²) in [7, 11) is 0. The van der Waals surface area contributed by atoms with Gasteiger partial charge in [0, 0.05) is 36.8 Å². The van der Waals surface area contributed by atoms with Crippen LogP contribution in [0.25, 0.3) is 0 Å². The maximum Gasteiger partial charge on any atom is 0.0458 e. The van der Waals surface area contributed by atoms with Gasteiger partial charge in [0.2, 0.25) is 0 Å². The van der Waals surface area contributed by atoms with Gasteiger partial charge in [0.25, 0.3) is 0 Å². The zero-order valence-corrected chi connectivity index (χ0v) is 7.46. The highest BCUT2D eigenvalue weighted by atomic mass is 15.4. The summed E-state index contributed by atoms with van der Waals surface area (Å²) >= 11 is 0. The number of hydrogen-bond acceptors (Lipinski definition) is 3. The Kier molecular flexibility index (Phi) is 1.52. The largest absolute Gasteiger partial charge is 0.325 e. The molecule has 3 rings (SSSR count). The number of allylic oxidation sites excluding steroid dienone is 2. The minimum absolute atomic E-state index is 0.667. The van der Waals surface area contributed by atoms with Gasteiger partial charge in [-0.15, -0.1) is 0 Å². The van der Waals surface area contributed by atoms with Crippen LogP contribution in [0.1, 0.15) is 6.42 Å². The highest BCUT2D eigenvalue weighted by Crippen LogP contribution is 2.33. The zero-order valence-electron chi connectivity index (χ0n) is 7.46. The first-order chi connectivity index (χ1) is 6.43. The van der Waals surface area contributed by atoms with Gasteiger partial charge in [0.1, 0.15) is 0 Å². The number of dihydropyridines is 1. The van der Waals surface area contributed by atoms with Gasteiger partial charge in [0.15, 0.2) is 0 Å². The van der Waals surface area contributed by atoms with Crippen molar-refractivity contribution in [2.24, 2.45) is 16.8 Å². The fourth-order valence-corrected chi connectivity index (χ4v) is 2.32. The van der Waals surface area contributed by atoms with E-state index in [-0.39, 0.29) is 0 Å². The molecule has 0 aromatic rings. The zero-order chi connectivity index (χ0) is 8.67. The van der Waals surface area contributed by atoms with Gasteiger partial charge >= 0.3 is 0 Å². The summed E-state index contributed by atoms with van der Waals surface area (Å²) in [6, 6.07) is 0. The summed E-state index contributed by atoms with van der Waals surface area (Å²) in [6.07, 6.45) is 7.59. The number of nitrogens with zero attached hydrogens (tertiary/aromatic N) is 1. The van der Waals surface area contributed by atoms with E-state index in [1.807, 2.05) is 6.21 Å². The van der Waals surface area contributed by atoms with Crippen LogP contribution in [-0.2, 0) is 0 Å². The summed E-state index contributed by atoms with van der Waals surface area (Å²) in [5.74, 6) is 1.36. The molecule has 0 spiro atoms. The van der Waals surface area contributed by atoms with Gasteiger partial charge in [0.05, 0.1) is 0 Å². The molecule has 1 aliphatic carbocycles. The van der Waals surface area contributed by atoms with Crippen molar-refractivity contribution in [3.63, 3.8) is 0 Å². The summed E-state index contributed by atoms with van der Waals surface area (Å²) in [5.41, 5.74) is 9.21. The van der Waals surface area contributed by atoms with Crippen molar-refractivity contribution in [2.75, 3.05) is 13.1 Å². The van der Waals surface area contributed by atoms with Gasteiger partial charge in [-0.05, 0) is 24.1 Å². The Morgan fingerprint density at radius 1 is 1.38 bits per heavy atom. The molecule has 2 aliphatic heterocycles. The number of rotatable bonds is 0. The number of hydrogen-bond donors (Lipinski definition) is 2. The molecule has 1 fully saturated rings. The van der Waals surface area contributed by atoms with E-state index in [0.717, 1.165) is 13.1 Å². The lowest BCUT2D eigenvalue weighted by Crippen LogP contribution is -2.23. The van der Waals surface area contributed by atoms with E-state index in [1.54, 1.807) is 0 Å². The van der Waals surface area contributed by atoms with Crippen LogP contribution in [0.15, 0.2) is 28.4 Å². The standard InChI is InChI=1S/C10H13N3/c1-2-11-5-8-3-9-6-12-13-10(9)4-7(1)8/h1-2,4,8-9,12-13H,3,5-6H2. The predicted octanol–water partition coefficient (Wildman–Crippen LogP) is 0.625. The van der Waals surface area contributed by atoms with Crippen LogP contribution in [-0.4, -0.2) is 19.3 Å². The van der Waals surface area contributed by atoms with Crippen LogP contribution >= 0.6 is 0 Å². The topological polar surface area (TPSA) is 36.4 Å². The molecule has 13 heavy (non-hydrogen) atoms. The van der Waals surface area contributed by atoms with Crippen molar-refractivity contribution >= 4 is 6.21 Å². The third-order valence-corrected chi connectivity index (χ3v) is 3.08. The van der Waals surface area contributed by atoms with E-state index in [0.29, 0.717) is 11.8 Å². The molecular formula is C10H13N3. The van der Waals surface area contributed by atoms with Crippen molar-refractivity contribution in [2.45, 2.75) is 6.42 Å². The van der Waals surface area contributed by atoms with Gasteiger partial charge in [-0.25, -0.2) is 5.43 Å². The second-order valence-corrected chi connectivity index (χ2v) is 3.92. The van der Waals surface area contributed by atoms with E-state index < -0.39 is 0 Å². The normalized spacial score (nSPS) is 35.7. The molecule has 2 unspecified atom stereocenters. The lowest BCUT2D eigenvalue weighted by molar-refractivity contribution is 0.464. The van der Waals surface area contributed by atoms with Gasteiger partial charge in [-0.2, -0.15) is 0 Å². The molecule has 0 aromatic heterocycles. The van der Waals surface area contributed by atoms with Crippen LogP contribution in [0.4, 0.5) is 0 Å². The minimum Gasteiger partial charge on any atom is -0.325 e. The Balaban J connectivity index is 1.97. The molecule has 3 aliphatic rings. The van der Waals surface area contributed by atoms with E-state index >= 15 is 0 Å². The van der Waals surface area contributed by atoms with Crippen LogP contribution in [0.3, 0.4) is 0 Å². The lowest BCUT2D eigenvalue weighted by Gasteiger charge is -2.27. The fourth-order valence-electron chi connectivity index (χ4n) is 2.32. The first kappa shape index (κ1) is 7.33. The Morgan fingerprint density at radius 2 is 2.38 bits per heavy atom. The molecule has 0 saturated carbocycles. The van der Waals surface area contributed by atoms with E-state index in [1.165, 1.54) is 17.7 Å². The molecule has 0 bridgehead atoms. The van der Waals surface area contributed by atoms with Crippen LogP contribution < -0.4 is 10.9 Å². The summed E-state index contributed by atoms with van der Waals surface area (Å²) in [6.45, 7) is 2.05. The lowest BCUT2D eigenvalue weighted by atomic mass is 9.81. The molecular weight excluding hydrogens is 162 g/mol. The van der Waals surface area contributed by atoms with Crippen LogP contribution in [0.2, 0.25) is 0 Å². The number of nitrogens with one attached hydrogen (secondary N) is 2. The molecule has 2 atom stereocenters. The average Bonchev–Trinajstić information content (AvgIpc) is 2.61.